The number of nitrogens with zero attached hydrogens (tertiary/aromatic N) is 2. The molecule has 2 aromatic rings. The monoisotopic (exact) mass is 270 g/mol. The number of carbonyl (C=O) groups excluding carboxylic acids is 1. The van der Waals surface area contributed by atoms with E-state index in [1.165, 1.54) is 0 Å². The maximum Gasteiger partial charge on any atom is 0.257 e. The number of hydrogen-bond acceptors (Lipinski definition) is 3. The van der Waals surface area contributed by atoms with Crippen LogP contribution in [0.3, 0.4) is 0 Å². The minimum Gasteiger partial charge on any atom is -0.312 e. The Morgan fingerprint density at radius 2 is 2.25 bits per heavy atom. The van der Waals surface area contributed by atoms with Crippen molar-refractivity contribution in [2.75, 3.05) is 11.9 Å². The van der Waals surface area contributed by atoms with Gasteiger partial charge in [-0.2, -0.15) is 0 Å². The third-order valence-corrected chi connectivity index (χ3v) is 3.82. The van der Waals surface area contributed by atoms with E-state index in [9.17, 15) is 4.79 Å². The lowest BCUT2D eigenvalue weighted by atomic mass is 10.0. The molecule has 0 saturated carbocycles. The molecule has 0 bridgehead atoms. The Bertz CT molecular complexity index is 660. The highest BCUT2D eigenvalue weighted by molar-refractivity contribution is 6.05. The Kier molecular flexibility index (Phi) is 3.28. The third-order valence-electron chi connectivity index (χ3n) is 3.82. The molecule has 1 aliphatic heterocycles. The molecule has 2 N–H and O–H groups in total. The van der Waals surface area contributed by atoms with Crippen LogP contribution in [0.25, 0.3) is 0 Å². The van der Waals surface area contributed by atoms with Crippen molar-refractivity contribution in [1.82, 2.24) is 14.9 Å². The van der Waals surface area contributed by atoms with E-state index in [1.807, 2.05) is 32.0 Å². The van der Waals surface area contributed by atoms with Gasteiger partial charge in [0.05, 0.1) is 12.7 Å². The first-order valence-corrected chi connectivity index (χ1v) is 6.79. The highest BCUT2D eigenvalue weighted by Crippen LogP contribution is 2.17. The van der Waals surface area contributed by atoms with Crippen molar-refractivity contribution in [3.8, 4) is 0 Å². The molecule has 0 spiro atoms. The number of benzene rings is 1. The number of anilines is 1. The predicted octanol–water partition coefficient (Wildman–Crippen LogP) is 1.86. The molecule has 1 aliphatic rings. The summed E-state index contributed by atoms with van der Waals surface area (Å²) in [5, 5.41) is 6.23. The normalized spacial score (nSPS) is 13.9. The number of carbonyl (C=O) groups is 1. The second-order valence-electron chi connectivity index (χ2n) is 5.09. The number of hydrogen-bond donors (Lipinski definition) is 2. The van der Waals surface area contributed by atoms with Gasteiger partial charge in [-0.25, -0.2) is 4.98 Å². The fourth-order valence-electron chi connectivity index (χ4n) is 2.48. The van der Waals surface area contributed by atoms with E-state index in [0.717, 1.165) is 48.0 Å². The summed E-state index contributed by atoms with van der Waals surface area (Å²) >= 11 is 0. The van der Waals surface area contributed by atoms with Crippen LogP contribution in [0.15, 0.2) is 24.4 Å². The quantitative estimate of drug-likeness (QED) is 0.875. The van der Waals surface area contributed by atoms with Gasteiger partial charge in [0.2, 0.25) is 0 Å². The van der Waals surface area contributed by atoms with Crippen molar-refractivity contribution in [2.45, 2.75) is 26.9 Å². The molecule has 5 nitrogen and oxygen atoms in total. The largest absolute Gasteiger partial charge is 0.312 e. The number of rotatable bonds is 2. The fourth-order valence-corrected chi connectivity index (χ4v) is 2.48. The maximum atomic E-state index is 12.4. The standard InChI is InChI=1S/C15H18N4O/c1-10-4-3-5-12(11(10)2)15(20)18-14-9-17-13-8-16-6-7-19(13)14/h3-5,9,16H,6-8H2,1-2H3,(H,18,20). The fraction of sp³-hybridized carbons (Fsp3) is 0.333. The van der Waals surface area contributed by atoms with Gasteiger partial charge in [-0.1, -0.05) is 12.1 Å². The lowest BCUT2D eigenvalue weighted by molar-refractivity contribution is 0.102. The predicted molar refractivity (Wildman–Crippen MR) is 77.8 cm³/mol. The number of fused-ring (bicyclic) bond motifs is 1. The summed E-state index contributed by atoms with van der Waals surface area (Å²) in [6.07, 6.45) is 1.73. The molecule has 104 valence electrons. The van der Waals surface area contributed by atoms with E-state index in [-0.39, 0.29) is 5.91 Å². The number of aromatic nitrogens is 2. The zero-order valence-corrected chi connectivity index (χ0v) is 11.7. The minimum absolute atomic E-state index is 0.0765. The summed E-state index contributed by atoms with van der Waals surface area (Å²) in [5.74, 6) is 1.66. The lowest BCUT2D eigenvalue weighted by Gasteiger charge is -2.18. The summed E-state index contributed by atoms with van der Waals surface area (Å²) in [6.45, 7) is 6.46. The molecule has 5 heteroatoms. The van der Waals surface area contributed by atoms with Crippen LogP contribution in [0.2, 0.25) is 0 Å². The van der Waals surface area contributed by atoms with Crippen molar-refractivity contribution < 1.29 is 4.79 Å². The van der Waals surface area contributed by atoms with E-state index in [1.54, 1.807) is 6.20 Å². The maximum absolute atomic E-state index is 12.4. The second-order valence-corrected chi connectivity index (χ2v) is 5.09. The second kappa shape index (κ2) is 5.09. The number of imidazole rings is 1. The Morgan fingerprint density at radius 3 is 3.10 bits per heavy atom. The van der Waals surface area contributed by atoms with Crippen molar-refractivity contribution in [3.63, 3.8) is 0 Å². The molecule has 3 rings (SSSR count). The molecule has 0 aliphatic carbocycles. The van der Waals surface area contributed by atoms with E-state index in [0.29, 0.717) is 0 Å². The molecular formula is C15H18N4O. The van der Waals surface area contributed by atoms with Crippen LogP contribution in [0.5, 0.6) is 0 Å². The van der Waals surface area contributed by atoms with Crippen LogP contribution in [0.1, 0.15) is 27.3 Å². The summed E-state index contributed by atoms with van der Waals surface area (Å²) in [7, 11) is 0. The van der Waals surface area contributed by atoms with Gasteiger partial charge >= 0.3 is 0 Å². The van der Waals surface area contributed by atoms with Gasteiger partial charge in [0.25, 0.3) is 5.91 Å². The highest BCUT2D eigenvalue weighted by Gasteiger charge is 2.17. The van der Waals surface area contributed by atoms with Crippen LogP contribution >= 0.6 is 0 Å². The molecule has 0 saturated heterocycles. The molecule has 0 atom stereocenters. The van der Waals surface area contributed by atoms with Gasteiger partial charge in [0, 0.05) is 18.7 Å². The number of nitrogens with one attached hydrogen (secondary N) is 2. The van der Waals surface area contributed by atoms with Crippen LogP contribution < -0.4 is 10.6 Å². The molecule has 1 aromatic carbocycles. The van der Waals surface area contributed by atoms with Gasteiger partial charge in [-0.05, 0) is 31.0 Å². The van der Waals surface area contributed by atoms with E-state index < -0.39 is 0 Å². The van der Waals surface area contributed by atoms with Gasteiger partial charge in [-0.3, -0.25) is 4.79 Å². The van der Waals surface area contributed by atoms with Crippen LogP contribution in [0, 0.1) is 13.8 Å². The van der Waals surface area contributed by atoms with Crippen LogP contribution in [-0.4, -0.2) is 22.0 Å². The first-order valence-electron chi connectivity index (χ1n) is 6.79. The summed E-state index contributed by atoms with van der Waals surface area (Å²) < 4.78 is 2.06. The zero-order chi connectivity index (χ0) is 14.1. The molecule has 2 heterocycles. The Morgan fingerprint density at radius 1 is 1.40 bits per heavy atom. The van der Waals surface area contributed by atoms with E-state index >= 15 is 0 Å². The molecule has 1 amide bonds. The minimum atomic E-state index is -0.0765. The molecule has 0 radical (unpaired) electrons. The third kappa shape index (κ3) is 2.20. The molecule has 1 aromatic heterocycles. The van der Waals surface area contributed by atoms with Crippen LogP contribution in [-0.2, 0) is 13.1 Å². The van der Waals surface area contributed by atoms with E-state index in [4.69, 9.17) is 0 Å². The molecule has 0 fully saturated rings. The zero-order valence-electron chi connectivity index (χ0n) is 11.7. The molecule has 20 heavy (non-hydrogen) atoms. The molecule has 0 unspecified atom stereocenters. The summed E-state index contributed by atoms with van der Waals surface area (Å²) in [6, 6.07) is 5.78. The smallest absolute Gasteiger partial charge is 0.257 e. The SMILES string of the molecule is Cc1cccc(C(=O)Nc2cnc3n2CCNC3)c1C. The first kappa shape index (κ1) is 12.9. The van der Waals surface area contributed by atoms with Gasteiger partial charge in [0.15, 0.2) is 0 Å². The Labute approximate surface area is 118 Å². The first-order chi connectivity index (χ1) is 9.66. The van der Waals surface area contributed by atoms with Gasteiger partial charge in [-0.15, -0.1) is 0 Å². The Hall–Kier alpha value is -2.14. The van der Waals surface area contributed by atoms with Crippen LogP contribution in [0.4, 0.5) is 5.82 Å². The lowest BCUT2D eigenvalue weighted by Crippen LogP contribution is -2.29. The molecular weight excluding hydrogens is 252 g/mol. The average molecular weight is 270 g/mol. The highest BCUT2D eigenvalue weighted by atomic mass is 16.1. The average Bonchev–Trinajstić information content (AvgIpc) is 2.85. The van der Waals surface area contributed by atoms with Gasteiger partial charge in [0.1, 0.15) is 11.6 Å². The van der Waals surface area contributed by atoms with Crippen molar-refractivity contribution in [1.29, 1.82) is 0 Å². The summed E-state index contributed by atoms with van der Waals surface area (Å²) in [5.41, 5.74) is 2.86. The van der Waals surface area contributed by atoms with Crippen molar-refractivity contribution >= 4 is 11.7 Å². The van der Waals surface area contributed by atoms with Crippen molar-refractivity contribution in [2.24, 2.45) is 0 Å². The Balaban J connectivity index is 1.86. The number of aryl methyl sites for hydroxylation is 1. The topological polar surface area (TPSA) is 59.0 Å². The summed E-state index contributed by atoms with van der Waals surface area (Å²) in [4.78, 5) is 16.7. The van der Waals surface area contributed by atoms with Crippen molar-refractivity contribution in [3.05, 3.63) is 46.9 Å². The van der Waals surface area contributed by atoms with Gasteiger partial charge < -0.3 is 15.2 Å². The number of amides is 1. The van der Waals surface area contributed by atoms with E-state index in [2.05, 4.69) is 20.2 Å².